The van der Waals surface area contributed by atoms with Crippen molar-refractivity contribution in [2.45, 2.75) is 6.92 Å². The van der Waals surface area contributed by atoms with Crippen LogP contribution in [0, 0.1) is 18.3 Å². The van der Waals surface area contributed by atoms with E-state index in [2.05, 4.69) is 15.6 Å². The first-order valence-electron chi connectivity index (χ1n) is 6.56. The number of carbonyl (C=O) groups excluding carboxylic acids is 1. The predicted octanol–water partition coefficient (Wildman–Crippen LogP) is 4.15. The summed E-state index contributed by atoms with van der Waals surface area (Å²) >= 11 is 11.8. The van der Waals surface area contributed by atoms with Crippen LogP contribution in [0.2, 0.25) is 10.0 Å². The Morgan fingerprint density at radius 3 is 2.78 bits per heavy atom. The topological polar surface area (TPSA) is 77.8 Å². The summed E-state index contributed by atoms with van der Waals surface area (Å²) in [5, 5.41) is 15.3. The highest BCUT2D eigenvalue weighted by molar-refractivity contribution is 6.36. The van der Waals surface area contributed by atoms with Crippen molar-refractivity contribution >= 4 is 40.6 Å². The number of aryl methyl sites for hydroxylation is 1. The molecule has 7 heteroatoms. The number of aromatic nitrogens is 1. The normalized spacial score (nSPS) is 10.8. The third-order valence-electron chi connectivity index (χ3n) is 2.91. The molecule has 116 valence electrons. The molecule has 2 N–H and O–H groups in total. The van der Waals surface area contributed by atoms with Crippen molar-refractivity contribution in [3.8, 4) is 6.07 Å². The van der Waals surface area contributed by atoms with Crippen molar-refractivity contribution < 1.29 is 4.79 Å². The Morgan fingerprint density at radius 2 is 2.13 bits per heavy atom. The summed E-state index contributed by atoms with van der Waals surface area (Å²) in [4.78, 5) is 16.3. The van der Waals surface area contributed by atoms with Crippen molar-refractivity contribution in [1.29, 1.82) is 5.26 Å². The number of carbonyl (C=O) groups is 1. The lowest BCUT2D eigenvalue weighted by molar-refractivity contribution is -0.112. The number of nitriles is 1. The smallest absolute Gasteiger partial charge is 0.267 e. The number of amides is 1. The molecule has 0 spiro atoms. The number of rotatable bonds is 4. The summed E-state index contributed by atoms with van der Waals surface area (Å²) in [6.45, 7) is 1.86. The summed E-state index contributed by atoms with van der Waals surface area (Å²) in [5.41, 5.74) is 1.15. The average molecular weight is 347 g/mol. The molecule has 23 heavy (non-hydrogen) atoms. The zero-order valence-corrected chi connectivity index (χ0v) is 13.6. The lowest BCUT2D eigenvalue weighted by atomic mass is 10.2. The highest BCUT2D eigenvalue weighted by Gasteiger charge is 2.11. The van der Waals surface area contributed by atoms with E-state index in [1.165, 1.54) is 12.3 Å². The van der Waals surface area contributed by atoms with Crippen LogP contribution in [0.3, 0.4) is 0 Å². The molecule has 0 radical (unpaired) electrons. The fourth-order valence-electron chi connectivity index (χ4n) is 1.71. The van der Waals surface area contributed by atoms with Gasteiger partial charge in [0.25, 0.3) is 5.91 Å². The van der Waals surface area contributed by atoms with E-state index in [-0.39, 0.29) is 10.6 Å². The number of nitrogens with one attached hydrogen (secondary N) is 2. The van der Waals surface area contributed by atoms with Crippen LogP contribution in [0.25, 0.3) is 0 Å². The molecular weight excluding hydrogens is 335 g/mol. The molecule has 0 fully saturated rings. The molecule has 0 saturated heterocycles. The number of anilines is 2. The third kappa shape index (κ3) is 4.46. The Bertz CT molecular complexity index is 812. The molecule has 0 unspecified atom stereocenters. The maximum absolute atomic E-state index is 12.1. The van der Waals surface area contributed by atoms with Crippen LogP contribution in [-0.4, -0.2) is 10.9 Å². The largest absolute Gasteiger partial charge is 0.345 e. The van der Waals surface area contributed by atoms with Crippen LogP contribution < -0.4 is 10.6 Å². The Labute approximate surface area is 143 Å². The Morgan fingerprint density at radius 1 is 1.35 bits per heavy atom. The van der Waals surface area contributed by atoms with Gasteiger partial charge < -0.3 is 10.6 Å². The summed E-state index contributed by atoms with van der Waals surface area (Å²) in [7, 11) is 0. The molecule has 5 nitrogen and oxygen atoms in total. The molecule has 0 aliphatic carbocycles. The van der Waals surface area contributed by atoms with E-state index in [4.69, 9.17) is 28.5 Å². The molecule has 1 heterocycles. The van der Waals surface area contributed by atoms with Gasteiger partial charge >= 0.3 is 0 Å². The van der Waals surface area contributed by atoms with E-state index in [1.807, 2.05) is 19.1 Å². The summed E-state index contributed by atoms with van der Waals surface area (Å²) < 4.78 is 0. The van der Waals surface area contributed by atoms with Crippen molar-refractivity contribution in [2.24, 2.45) is 0 Å². The van der Waals surface area contributed by atoms with E-state index in [1.54, 1.807) is 24.4 Å². The molecule has 1 aromatic heterocycles. The number of hydrogen-bond acceptors (Lipinski definition) is 4. The molecule has 0 bridgehead atoms. The number of pyridine rings is 1. The maximum atomic E-state index is 12.1. The first-order chi connectivity index (χ1) is 11.0. The van der Waals surface area contributed by atoms with E-state index in [9.17, 15) is 4.79 Å². The maximum Gasteiger partial charge on any atom is 0.267 e. The second-order valence-corrected chi connectivity index (χ2v) is 5.40. The van der Waals surface area contributed by atoms with Gasteiger partial charge in [0.15, 0.2) is 0 Å². The van der Waals surface area contributed by atoms with Crippen molar-refractivity contribution in [3.05, 3.63) is 63.9 Å². The molecule has 2 rings (SSSR count). The standard InChI is InChI=1S/C16H12Cl2N4O/c1-10-3-2-6-20-15(10)21-9-11(8-19)16(23)22-14-5-4-12(17)7-13(14)18/h2-7,9H,1H3,(H,20,21)(H,22,23)/b11-9-. The van der Waals surface area contributed by atoms with Crippen LogP contribution in [0.5, 0.6) is 0 Å². The van der Waals surface area contributed by atoms with Gasteiger partial charge in [-0.25, -0.2) is 4.98 Å². The van der Waals surface area contributed by atoms with E-state index >= 15 is 0 Å². The van der Waals surface area contributed by atoms with Crippen LogP contribution in [0.15, 0.2) is 48.3 Å². The predicted molar refractivity (Wildman–Crippen MR) is 91.4 cm³/mol. The molecule has 2 aromatic rings. The number of nitrogens with zero attached hydrogens (tertiary/aromatic N) is 2. The number of hydrogen-bond donors (Lipinski definition) is 2. The van der Waals surface area contributed by atoms with Gasteiger partial charge in [0.2, 0.25) is 0 Å². The minimum absolute atomic E-state index is 0.110. The number of halogens is 2. The molecule has 0 saturated carbocycles. The Kier molecular flexibility index (Phi) is 5.58. The zero-order chi connectivity index (χ0) is 16.8. The minimum Gasteiger partial charge on any atom is -0.345 e. The third-order valence-corrected chi connectivity index (χ3v) is 3.45. The quantitative estimate of drug-likeness (QED) is 0.643. The van der Waals surface area contributed by atoms with Crippen molar-refractivity contribution in [2.75, 3.05) is 10.6 Å². The number of benzene rings is 1. The molecule has 0 aliphatic heterocycles. The van der Waals surface area contributed by atoms with E-state index in [0.717, 1.165) is 5.56 Å². The SMILES string of the molecule is Cc1cccnc1N/C=C(/C#N)C(=O)Nc1ccc(Cl)cc1Cl. The summed E-state index contributed by atoms with van der Waals surface area (Å²) in [5.74, 6) is -0.0182. The molecule has 0 aliphatic rings. The van der Waals surface area contributed by atoms with E-state index in [0.29, 0.717) is 16.5 Å². The molecular formula is C16H12Cl2N4O. The lowest BCUT2D eigenvalue weighted by Crippen LogP contribution is -2.15. The Balaban J connectivity index is 2.14. The van der Waals surface area contributed by atoms with Gasteiger partial charge in [0.05, 0.1) is 10.7 Å². The van der Waals surface area contributed by atoms with Crippen molar-refractivity contribution in [3.63, 3.8) is 0 Å². The van der Waals surface area contributed by atoms with Crippen molar-refractivity contribution in [1.82, 2.24) is 4.98 Å². The van der Waals surface area contributed by atoms with Gasteiger partial charge in [-0.05, 0) is 36.8 Å². The molecule has 1 aromatic carbocycles. The van der Waals surface area contributed by atoms with Crippen LogP contribution in [-0.2, 0) is 4.79 Å². The fraction of sp³-hybridized carbons (Fsp3) is 0.0625. The van der Waals surface area contributed by atoms with Gasteiger partial charge in [0, 0.05) is 17.4 Å². The average Bonchev–Trinajstić information content (AvgIpc) is 2.52. The van der Waals surface area contributed by atoms with E-state index < -0.39 is 5.91 Å². The van der Waals surface area contributed by atoms with Crippen LogP contribution in [0.1, 0.15) is 5.56 Å². The Hall–Kier alpha value is -2.55. The second-order valence-electron chi connectivity index (χ2n) is 4.56. The lowest BCUT2D eigenvalue weighted by Gasteiger charge is -2.07. The van der Waals surface area contributed by atoms with Gasteiger partial charge in [-0.15, -0.1) is 0 Å². The van der Waals surface area contributed by atoms with Gasteiger partial charge in [-0.2, -0.15) is 5.26 Å². The van der Waals surface area contributed by atoms with Gasteiger partial charge in [-0.3, -0.25) is 4.79 Å². The van der Waals surface area contributed by atoms with Gasteiger partial charge in [-0.1, -0.05) is 29.3 Å². The first-order valence-corrected chi connectivity index (χ1v) is 7.31. The summed E-state index contributed by atoms with van der Waals surface area (Å²) in [6, 6.07) is 10.2. The highest BCUT2D eigenvalue weighted by Crippen LogP contribution is 2.25. The van der Waals surface area contributed by atoms with Gasteiger partial charge in [0.1, 0.15) is 17.5 Å². The fourth-order valence-corrected chi connectivity index (χ4v) is 2.16. The molecule has 0 atom stereocenters. The monoisotopic (exact) mass is 346 g/mol. The highest BCUT2D eigenvalue weighted by atomic mass is 35.5. The second kappa shape index (κ2) is 7.63. The van der Waals surface area contributed by atoms with Crippen LogP contribution in [0.4, 0.5) is 11.5 Å². The molecule has 1 amide bonds. The minimum atomic E-state index is -0.585. The van der Waals surface area contributed by atoms with Crippen LogP contribution >= 0.6 is 23.2 Å². The first kappa shape index (κ1) is 16.8. The summed E-state index contributed by atoms with van der Waals surface area (Å²) in [6.07, 6.45) is 2.91. The zero-order valence-electron chi connectivity index (χ0n) is 12.1.